The molecule has 7 nitrogen and oxygen atoms in total. The van der Waals surface area contributed by atoms with Crippen molar-refractivity contribution in [1.29, 1.82) is 0 Å². The van der Waals surface area contributed by atoms with Gasteiger partial charge in [-0.2, -0.15) is 0 Å². The number of amides is 2. The second-order valence-corrected chi connectivity index (χ2v) is 8.53. The predicted molar refractivity (Wildman–Crippen MR) is 123 cm³/mol. The Labute approximate surface area is 192 Å². The molecular weight excluding hydrogens is 437 g/mol. The van der Waals surface area contributed by atoms with Gasteiger partial charge in [-0.25, -0.2) is 4.98 Å². The lowest BCUT2D eigenvalue weighted by Crippen LogP contribution is -2.54. The maximum atomic E-state index is 13.0. The van der Waals surface area contributed by atoms with Gasteiger partial charge in [-0.3, -0.25) is 9.59 Å². The molecule has 1 fully saturated rings. The number of nitrogens with one attached hydrogen (secondary N) is 3. The highest BCUT2D eigenvalue weighted by atomic mass is 35.5. The molecule has 1 saturated heterocycles. The molecule has 2 aromatic rings. The summed E-state index contributed by atoms with van der Waals surface area (Å²) in [5.74, 6) is -0.0333. The summed E-state index contributed by atoms with van der Waals surface area (Å²) in [6, 6.07) is 7.67. The number of piperidine rings is 1. The number of carbonyl (C=O) groups excluding carboxylic acids is 2. The van der Waals surface area contributed by atoms with Crippen LogP contribution in [0.1, 0.15) is 36.1 Å². The Morgan fingerprint density at radius 2 is 2.03 bits per heavy atom. The number of hydrogen-bond acceptors (Lipinski definition) is 5. The zero-order valence-corrected chi connectivity index (χ0v) is 18.9. The molecule has 2 heterocycles. The van der Waals surface area contributed by atoms with Crippen molar-refractivity contribution >= 4 is 40.8 Å². The maximum Gasteiger partial charge on any atom is 0.243 e. The Kier molecular flexibility index (Phi) is 8.12. The third-order valence-corrected chi connectivity index (χ3v) is 6.09. The SMILES string of the molecule is Cc1nc(N)ccc1CNC(=O)[C@@H](Cc1ccc(Cl)c(Cl)c1)NC(=O)[C@@H]1CCCCN1. The molecule has 1 aliphatic heterocycles. The molecule has 5 N–H and O–H groups in total. The number of benzene rings is 1. The van der Waals surface area contributed by atoms with Crippen LogP contribution in [0.15, 0.2) is 30.3 Å². The monoisotopic (exact) mass is 463 g/mol. The Balaban J connectivity index is 1.71. The summed E-state index contributed by atoms with van der Waals surface area (Å²) in [7, 11) is 0. The summed E-state index contributed by atoms with van der Waals surface area (Å²) in [6.07, 6.45) is 3.08. The Hall–Kier alpha value is -2.35. The van der Waals surface area contributed by atoms with Gasteiger partial charge in [0.15, 0.2) is 0 Å². The summed E-state index contributed by atoms with van der Waals surface area (Å²) in [4.78, 5) is 30.0. The van der Waals surface area contributed by atoms with Crippen LogP contribution in [0.3, 0.4) is 0 Å². The van der Waals surface area contributed by atoms with Crippen molar-refractivity contribution < 1.29 is 9.59 Å². The van der Waals surface area contributed by atoms with Crippen molar-refractivity contribution in [2.75, 3.05) is 12.3 Å². The summed E-state index contributed by atoms with van der Waals surface area (Å²) in [5.41, 5.74) is 8.10. The number of rotatable bonds is 7. The van der Waals surface area contributed by atoms with Crippen molar-refractivity contribution in [1.82, 2.24) is 20.9 Å². The van der Waals surface area contributed by atoms with Gasteiger partial charge in [0.2, 0.25) is 11.8 Å². The second-order valence-electron chi connectivity index (χ2n) is 7.71. The molecule has 0 bridgehead atoms. The fraction of sp³-hybridized carbons (Fsp3) is 0.409. The molecule has 9 heteroatoms. The van der Waals surface area contributed by atoms with Gasteiger partial charge in [0.05, 0.1) is 16.1 Å². The maximum absolute atomic E-state index is 13.0. The van der Waals surface area contributed by atoms with E-state index in [-0.39, 0.29) is 24.4 Å². The molecule has 31 heavy (non-hydrogen) atoms. The second kappa shape index (κ2) is 10.8. The van der Waals surface area contributed by atoms with E-state index in [2.05, 4.69) is 20.9 Å². The van der Waals surface area contributed by atoms with Crippen LogP contribution in [0.5, 0.6) is 0 Å². The van der Waals surface area contributed by atoms with Crippen LogP contribution in [0.2, 0.25) is 10.0 Å². The molecule has 1 aliphatic rings. The number of aryl methyl sites for hydroxylation is 1. The minimum Gasteiger partial charge on any atom is -0.384 e. The number of aromatic nitrogens is 1. The average molecular weight is 464 g/mol. The molecule has 0 radical (unpaired) electrons. The van der Waals surface area contributed by atoms with E-state index in [9.17, 15) is 9.59 Å². The van der Waals surface area contributed by atoms with E-state index < -0.39 is 6.04 Å². The molecule has 2 atom stereocenters. The van der Waals surface area contributed by atoms with Crippen molar-refractivity contribution in [2.45, 2.75) is 51.2 Å². The standard InChI is InChI=1S/C22H27Cl2N5O2/c1-13-15(6-8-20(25)28-13)12-27-21(30)19(11-14-5-7-16(23)17(24)10-14)29-22(31)18-4-2-3-9-26-18/h5-8,10,18-19,26H,2-4,9,11-12H2,1H3,(H2,25,28)(H,27,30)(H,29,31)/t18-,19+/m0/s1. The first-order valence-electron chi connectivity index (χ1n) is 10.3. The molecule has 1 aromatic carbocycles. The summed E-state index contributed by atoms with van der Waals surface area (Å²) >= 11 is 12.1. The number of halogens is 2. The van der Waals surface area contributed by atoms with Gasteiger partial charge < -0.3 is 21.7 Å². The highest BCUT2D eigenvalue weighted by Crippen LogP contribution is 2.23. The largest absolute Gasteiger partial charge is 0.384 e. The predicted octanol–water partition coefficient (Wildman–Crippen LogP) is 2.76. The van der Waals surface area contributed by atoms with Crippen LogP contribution in [-0.2, 0) is 22.6 Å². The molecule has 166 valence electrons. The van der Waals surface area contributed by atoms with E-state index >= 15 is 0 Å². The van der Waals surface area contributed by atoms with Crippen LogP contribution in [0.25, 0.3) is 0 Å². The number of carbonyl (C=O) groups is 2. The van der Waals surface area contributed by atoms with E-state index in [0.29, 0.717) is 22.3 Å². The lowest BCUT2D eigenvalue weighted by Gasteiger charge is -2.26. The first-order chi connectivity index (χ1) is 14.8. The summed E-state index contributed by atoms with van der Waals surface area (Å²) in [6.45, 7) is 2.92. The third kappa shape index (κ3) is 6.56. The first-order valence-corrected chi connectivity index (χ1v) is 11.1. The van der Waals surface area contributed by atoms with Crippen molar-refractivity contribution in [3.05, 3.63) is 57.2 Å². The van der Waals surface area contributed by atoms with Crippen molar-refractivity contribution in [2.24, 2.45) is 0 Å². The van der Waals surface area contributed by atoms with Gasteiger partial charge >= 0.3 is 0 Å². The zero-order chi connectivity index (χ0) is 22.4. The fourth-order valence-electron chi connectivity index (χ4n) is 3.56. The van der Waals surface area contributed by atoms with Gasteiger partial charge in [0, 0.05) is 18.7 Å². The van der Waals surface area contributed by atoms with Gasteiger partial charge in [0.1, 0.15) is 11.9 Å². The van der Waals surface area contributed by atoms with Crippen molar-refractivity contribution in [3.63, 3.8) is 0 Å². The van der Waals surface area contributed by atoms with Crippen LogP contribution in [-0.4, -0.2) is 35.4 Å². The van der Waals surface area contributed by atoms with E-state index in [1.165, 1.54) is 0 Å². The van der Waals surface area contributed by atoms with Crippen LogP contribution < -0.4 is 21.7 Å². The van der Waals surface area contributed by atoms with E-state index in [1.807, 2.05) is 13.0 Å². The summed E-state index contributed by atoms with van der Waals surface area (Å²) < 4.78 is 0. The first kappa shape index (κ1) is 23.3. The van der Waals surface area contributed by atoms with Gasteiger partial charge in [-0.15, -0.1) is 0 Å². The van der Waals surface area contributed by atoms with Crippen LogP contribution >= 0.6 is 23.2 Å². The van der Waals surface area contributed by atoms with Gasteiger partial charge in [-0.1, -0.05) is 41.8 Å². The normalized spacial score (nSPS) is 17.1. The minimum absolute atomic E-state index is 0.176. The highest BCUT2D eigenvalue weighted by Gasteiger charge is 2.27. The molecular formula is C22H27Cl2N5O2. The molecule has 0 aliphatic carbocycles. The molecule has 0 spiro atoms. The molecule has 2 amide bonds. The van der Waals surface area contributed by atoms with E-state index in [0.717, 1.165) is 42.6 Å². The van der Waals surface area contributed by atoms with Gasteiger partial charge in [-0.05, 0) is 55.6 Å². The molecule has 1 aromatic heterocycles. The lowest BCUT2D eigenvalue weighted by atomic mass is 10.0. The number of nitrogens with two attached hydrogens (primary N) is 1. The summed E-state index contributed by atoms with van der Waals surface area (Å²) in [5, 5.41) is 9.86. The fourth-order valence-corrected chi connectivity index (χ4v) is 3.88. The Morgan fingerprint density at radius 3 is 2.71 bits per heavy atom. The molecule has 3 rings (SSSR count). The average Bonchev–Trinajstić information content (AvgIpc) is 2.75. The Bertz CT molecular complexity index is 947. The number of nitrogen functional groups attached to an aromatic ring is 1. The smallest absolute Gasteiger partial charge is 0.243 e. The van der Waals surface area contributed by atoms with Crippen molar-refractivity contribution in [3.8, 4) is 0 Å². The number of hydrogen-bond donors (Lipinski definition) is 4. The van der Waals surface area contributed by atoms with E-state index in [1.54, 1.807) is 24.3 Å². The quantitative estimate of drug-likeness (QED) is 0.504. The van der Waals surface area contributed by atoms with Crippen LogP contribution in [0, 0.1) is 6.92 Å². The van der Waals surface area contributed by atoms with E-state index in [4.69, 9.17) is 28.9 Å². The Morgan fingerprint density at radius 1 is 1.23 bits per heavy atom. The topological polar surface area (TPSA) is 109 Å². The van der Waals surface area contributed by atoms with Gasteiger partial charge in [0.25, 0.3) is 0 Å². The number of anilines is 1. The highest BCUT2D eigenvalue weighted by molar-refractivity contribution is 6.42. The number of pyridine rings is 1. The number of nitrogens with zero attached hydrogens (tertiary/aromatic N) is 1. The molecule has 0 unspecified atom stereocenters. The van der Waals surface area contributed by atoms with Crippen LogP contribution in [0.4, 0.5) is 5.82 Å². The zero-order valence-electron chi connectivity index (χ0n) is 17.4. The molecule has 0 saturated carbocycles. The third-order valence-electron chi connectivity index (χ3n) is 5.35. The minimum atomic E-state index is -0.754. The lowest BCUT2D eigenvalue weighted by molar-refractivity contribution is -0.130.